The normalized spacial score (nSPS) is 12.9. The molecule has 0 rings (SSSR count). The second-order valence-electron chi connectivity index (χ2n) is 17.1. The number of carbonyl (C=O) groups excluding carboxylic acids is 3. The lowest BCUT2D eigenvalue weighted by Crippen LogP contribution is -2.30. The van der Waals surface area contributed by atoms with Crippen LogP contribution in [0.2, 0.25) is 0 Å². The highest BCUT2D eigenvalue weighted by Gasteiger charge is 2.19. The lowest BCUT2D eigenvalue weighted by Gasteiger charge is -2.18. The van der Waals surface area contributed by atoms with E-state index in [9.17, 15) is 14.4 Å². The molecule has 0 fully saturated rings. The zero-order valence-corrected chi connectivity index (χ0v) is 41.5. The number of allylic oxidation sites excluding steroid dienone is 16. The van der Waals surface area contributed by atoms with Crippen LogP contribution >= 0.6 is 0 Å². The molecule has 1 unspecified atom stereocenters. The van der Waals surface area contributed by atoms with Gasteiger partial charge in [0.2, 0.25) is 0 Å². The highest BCUT2D eigenvalue weighted by Crippen LogP contribution is 2.14. The van der Waals surface area contributed by atoms with Crippen LogP contribution in [0.25, 0.3) is 0 Å². The van der Waals surface area contributed by atoms with Gasteiger partial charge in [-0.2, -0.15) is 0 Å². The highest BCUT2D eigenvalue weighted by molar-refractivity contribution is 5.71. The van der Waals surface area contributed by atoms with Gasteiger partial charge in [0.25, 0.3) is 0 Å². The summed E-state index contributed by atoms with van der Waals surface area (Å²) in [5.41, 5.74) is 0. The lowest BCUT2D eigenvalue weighted by atomic mass is 10.1. The van der Waals surface area contributed by atoms with Crippen LogP contribution in [0.4, 0.5) is 0 Å². The summed E-state index contributed by atoms with van der Waals surface area (Å²) in [6.07, 6.45) is 68.3. The number of hydrogen-bond donors (Lipinski definition) is 0. The Labute approximate surface area is 394 Å². The molecule has 6 nitrogen and oxygen atoms in total. The van der Waals surface area contributed by atoms with Crippen LogP contribution in [-0.4, -0.2) is 37.2 Å². The fourth-order valence-corrected chi connectivity index (χ4v) is 7.03. The molecule has 0 spiro atoms. The highest BCUT2D eigenvalue weighted by atomic mass is 16.6. The van der Waals surface area contributed by atoms with E-state index in [1.54, 1.807) is 0 Å². The van der Waals surface area contributed by atoms with Crippen molar-refractivity contribution < 1.29 is 28.6 Å². The molecular weight excluding hydrogens is 793 g/mol. The van der Waals surface area contributed by atoms with Crippen molar-refractivity contribution in [2.24, 2.45) is 0 Å². The number of rotatable bonds is 46. The van der Waals surface area contributed by atoms with Gasteiger partial charge in [0.1, 0.15) is 13.2 Å². The summed E-state index contributed by atoms with van der Waals surface area (Å²) in [5, 5.41) is 0. The van der Waals surface area contributed by atoms with E-state index in [1.807, 2.05) is 54.7 Å². The van der Waals surface area contributed by atoms with Crippen LogP contribution < -0.4 is 0 Å². The third kappa shape index (κ3) is 49.3. The molecule has 0 aliphatic heterocycles. The quantitative estimate of drug-likeness (QED) is 0.0199. The van der Waals surface area contributed by atoms with Crippen molar-refractivity contribution in [3.8, 4) is 0 Å². The van der Waals surface area contributed by atoms with Crippen LogP contribution in [-0.2, 0) is 28.6 Å². The van der Waals surface area contributed by atoms with Gasteiger partial charge in [-0.3, -0.25) is 14.4 Å². The van der Waals surface area contributed by atoms with Gasteiger partial charge in [-0.1, -0.05) is 227 Å². The molecule has 0 aliphatic rings. The van der Waals surface area contributed by atoms with Gasteiger partial charge in [0.15, 0.2) is 6.10 Å². The molecule has 0 aromatic rings. The maximum absolute atomic E-state index is 12.8. The van der Waals surface area contributed by atoms with Crippen molar-refractivity contribution >= 4 is 17.9 Å². The van der Waals surface area contributed by atoms with E-state index < -0.39 is 6.10 Å². The Balaban J connectivity index is 4.45. The summed E-state index contributed by atoms with van der Waals surface area (Å²) in [4.78, 5) is 38.0. The maximum Gasteiger partial charge on any atom is 0.306 e. The minimum atomic E-state index is -0.812. The second-order valence-corrected chi connectivity index (χ2v) is 17.1. The van der Waals surface area contributed by atoms with Crippen LogP contribution in [0.3, 0.4) is 0 Å². The van der Waals surface area contributed by atoms with E-state index in [0.717, 1.165) is 70.6 Å². The van der Waals surface area contributed by atoms with Crippen molar-refractivity contribution in [1.29, 1.82) is 0 Å². The molecule has 0 amide bonds. The monoisotopic (exact) mass is 889 g/mol. The average molecular weight is 889 g/mol. The van der Waals surface area contributed by atoms with E-state index >= 15 is 0 Å². The predicted molar refractivity (Wildman–Crippen MR) is 274 cm³/mol. The molecule has 0 radical (unpaired) electrons. The van der Waals surface area contributed by atoms with E-state index in [0.29, 0.717) is 19.3 Å². The Kier molecular flexibility index (Phi) is 49.0. The summed E-state index contributed by atoms with van der Waals surface area (Å²) in [6, 6.07) is 0. The minimum Gasteiger partial charge on any atom is -0.462 e. The van der Waals surface area contributed by atoms with Crippen LogP contribution in [0.15, 0.2) is 97.2 Å². The van der Waals surface area contributed by atoms with Crippen molar-refractivity contribution in [2.75, 3.05) is 13.2 Å². The topological polar surface area (TPSA) is 78.9 Å². The van der Waals surface area contributed by atoms with E-state index in [1.165, 1.54) is 116 Å². The molecule has 0 N–H and O–H groups in total. The first-order valence-electron chi connectivity index (χ1n) is 26.3. The predicted octanol–water partition coefficient (Wildman–Crippen LogP) is 17.4. The summed E-state index contributed by atoms with van der Waals surface area (Å²) in [7, 11) is 0. The van der Waals surface area contributed by atoms with E-state index in [-0.39, 0.29) is 37.5 Å². The van der Waals surface area contributed by atoms with Crippen molar-refractivity contribution in [1.82, 2.24) is 0 Å². The summed E-state index contributed by atoms with van der Waals surface area (Å²) >= 11 is 0. The Morgan fingerprint density at radius 2 is 0.703 bits per heavy atom. The maximum atomic E-state index is 12.8. The zero-order valence-electron chi connectivity index (χ0n) is 41.5. The number of hydrogen-bond acceptors (Lipinski definition) is 6. The number of ether oxygens (including phenoxy) is 3. The standard InChI is InChI=1S/C58H96O6/c1-4-7-10-13-16-19-22-25-27-28-29-30-31-34-36-39-42-45-48-51-57(60)63-54-55(53-62-56(59)50-47-44-41-38-35-32-24-21-18-15-12-9-6-3)64-58(61)52-49-46-43-40-37-33-26-23-20-17-14-11-8-5-2/h8-9,11-12,15,17-18,20-21,24,28-29,32,35,38,41,55H,4-7,10,13-14,16,19,22-23,25-27,30-31,33-34,36-37,39-40,42-54H2,1-3H3/b11-8-,12-9-,18-15-,20-17-,24-21-,29-28-,35-32-,41-38-. The largest absolute Gasteiger partial charge is 0.462 e. The Bertz CT molecular complexity index is 1300. The molecule has 64 heavy (non-hydrogen) atoms. The molecular formula is C58H96O6. The lowest BCUT2D eigenvalue weighted by molar-refractivity contribution is -0.167. The average Bonchev–Trinajstić information content (AvgIpc) is 3.29. The fraction of sp³-hybridized carbons (Fsp3) is 0.672. The molecule has 0 heterocycles. The minimum absolute atomic E-state index is 0.106. The van der Waals surface area contributed by atoms with Crippen LogP contribution in [0.1, 0.15) is 233 Å². The van der Waals surface area contributed by atoms with Gasteiger partial charge in [-0.15, -0.1) is 0 Å². The van der Waals surface area contributed by atoms with Gasteiger partial charge in [-0.25, -0.2) is 0 Å². The number of esters is 3. The molecule has 0 aromatic carbocycles. The SMILES string of the molecule is CC\C=C/C=C\C=C/C=C\C=C/CCCC(=O)OCC(COC(=O)CCCCCCCCC/C=C\CCCCCCCCCC)OC(=O)CCCCCCCCC/C=C\C/C=C\CC. The number of carbonyl (C=O) groups is 3. The smallest absolute Gasteiger partial charge is 0.306 e. The molecule has 364 valence electrons. The van der Waals surface area contributed by atoms with Crippen LogP contribution in [0.5, 0.6) is 0 Å². The van der Waals surface area contributed by atoms with Crippen LogP contribution in [0, 0.1) is 0 Å². The third-order valence-electron chi connectivity index (χ3n) is 10.9. The van der Waals surface area contributed by atoms with Gasteiger partial charge >= 0.3 is 17.9 Å². The number of unbranched alkanes of at least 4 members (excludes halogenated alkanes) is 23. The molecule has 0 aromatic heterocycles. The van der Waals surface area contributed by atoms with Gasteiger partial charge in [-0.05, 0) is 83.5 Å². The fourth-order valence-electron chi connectivity index (χ4n) is 7.03. The molecule has 0 bridgehead atoms. The Morgan fingerprint density at radius 3 is 1.19 bits per heavy atom. The third-order valence-corrected chi connectivity index (χ3v) is 10.9. The Hall–Kier alpha value is -3.67. The van der Waals surface area contributed by atoms with Crippen molar-refractivity contribution in [3.63, 3.8) is 0 Å². The van der Waals surface area contributed by atoms with Gasteiger partial charge < -0.3 is 14.2 Å². The second kappa shape index (κ2) is 52.0. The van der Waals surface area contributed by atoms with Gasteiger partial charge in [0, 0.05) is 19.3 Å². The summed E-state index contributed by atoms with van der Waals surface area (Å²) < 4.78 is 16.7. The molecule has 0 saturated carbocycles. The summed E-state index contributed by atoms with van der Waals surface area (Å²) in [5.74, 6) is -0.998. The van der Waals surface area contributed by atoms with E-state index in [4.69, 9.17) is 14.2 Å². The van der Waals surface area contributed by atoms with E-state index in [2.05, 4.69) is 63.3 Å². The van der Waals surface area contributed by atoms with Gasteiger partial charge in [0.05, 0.1) is 0 Å². The first-order valence-corrected chi connectivity index (χ1v) is 26.3. The Morgan fingerprint density at radius 1 is 0.344 bits per heavy atom. The first-order chi connectivity index (χ1) is 31.5. The molecule has 1 atom stereocenters. The van der Waals surface area contributed by atoms with Crippen molar-refractivity contribution in [2.45, 2.75) is 239 Å². The summed E-state index contributed by atoms with van der Waals surface area (Å²) in [6.45, 7) is 6.31. The molecule has 0 aliphatic carbocycles. The first kappa shape index (κ1) is 60.3. The van der Waals surface area contributed by atoms with Crippen molar-refractivity contribution in [3.05, 3.63) is 97.2 Å². The zero-order chi connectivity index (χ0) is 46.5. The molecule has 6 heteroatoms. The molecule has 0 saturated heterocycles.